The van der Waals surface area contributed by atoms with E-state index in [9.17, 15) is 4.79 Å². The van der Waals surface area contributed by atoms with E-state index in [1.807, 2.05) is 24.3 Å². The number of rotatable bonds is 3. The third-order valence-electron chi connectivity index (χ3n) is 6.45. The number of hydrogen-bond donors (Lipinski definition) is 1. The molecule has 2 atom stereocenters. The summed E-state index contributed by atoms with van der Waals surface area (Å²) in [6, 6.07) is 24.8. The van der Waals surface area contributed by atoms with Gasteiger partial charge in [0.25, 0.3) is 0 Å². The first-order valence-corrected chi connectivity index (χ1v) is 9.82. The normalized spacial score (nSPS) is 24.2. The Morgan fingerprint density at radius 3 is 1.86 bits per heavy atom. The summed E-state index contributed by atoms with van der Waals surface area (Å²) >= 11 is 0. The van der Waals surface area contributed by atoms with Crippen LogP contribution in [-0.2, 0) is 4.79 Å². The minimum atomic E-state index is -0.111. The summed E-state index contributed by atoms with van der Waals surface area (Å²) in [5.41, 5.74) is 6.07. The lowest BCUT2D eigenvalue weighted by Crippen LogP contribution is -2.44. The molecule has 28 heavy (non-hydrogen) atoms. The predicted octanol–water partition coefficient (Wildman–Crippen LogP) is 5.18. The Morgan fingerprint density at radius 2 is 1.29 bits per heavy atom. The number of amides is 1. The monoisotopic (exact) mass is 369 g/mol. The van der Waals surface area contributed by atoms with E-state index < -0.39 is 0 Å². The third kappa shape index (κ3) is 2.39. The lowest BCUT2D eigenvalue weighted by molar-refractivity contribution is -0.122. The number of carbonyl (C=O) groups is 1. The third-order valence-corrected chi connectivity index (χ3v) is 6.45. The molecule has 3 aliphatic rings. The molecular weight excluding hydrogens is 346 g/mol. The Labute approximate surface area is 165 Å². The van der Waals surface area contributed by atoms with Gasteiger partial charge in [0.15, 0.2) is 0 Å². The quantitative estimate of drug-likeness (QED) is 0.691. The van der Waals surface area contributed by atoms with Gasteiger partial charge in [-0.2, -0.15) is 0 Å². The second-order valence-electron chi connectivity index (χ2n) is 7.79. The summed E-state index contributed by atoms with van der Waals surface area (Å²) in [6.45, 7) is 2.22. The molecule has 0 fully saturated rings. The number of carbonyl (C=O) groups excluding carboxylic acids is 1. The van der Waals surface area contributed by atoms with Crippen molar-refractivity contribution in [3.63, 3.8) is 0 Å². The van der Waals surface area contributed by atoms with Gasteiger partial charge in [-0.1, -0.05) is 67.6 Å². The van der Waals surface area contributed by atoms with E-state index in [-0.39, 0.29) is 29.6 Å². The second-order valence-corrected chi connectivity index (χ2v) is 7.79. The lowest BCUT2D eigenvalue weighted by Gasteiger charge is -2.49. The molecule has 0 unspecified atom stereocenters. The Kier molecular flexibility index (Phi) is 3.97. The maximum Gasteiger partial charge on any atom is 0.228 e. The molecule has 0 saturated heterocycles. The van der Waals surface area contributed by atoms with Crippen LogP contribution in [0.25, 0.3) is 0 Å². The Morgan fingerprint density at radius 1 is 0.786 bits per heavy atom. The zero-order valence-electron chi connectivity index (χ0n) is 16.1. The number of para-hydroxylation sites is 2. The van der Waals surface area contributed by atoms with Gasteiger partial charge in [0.2, 0.25) is 5.91 Å². The molecule has 0 saturated carbocycles. The molecular formula is C25H23NO2. The van der Waals surface area contributed by atoms with Crippen molar-refractivity contribution in [2.24, 2.45) is 11.8 Å². The highest BCUT2D eigenvalue weighted by atomic mass is 16.5. The van der Waals surface area contributed by atoms with E-state index in [2.05, 4.69) is 60.8 Å². The highest BCUT2D eigenvalue weighted by molar-refractivity contribution is 5.96. The van der Waals surface area contributed by atoms with Crippen LogP contribution in [0.3, 0.4) is 0 Å². The first-order valence-electron chi connectivity index (χ1n) is 9.82. The van der Waals surface area contributed by atoms with E-state index in [1.165, 1.54) is 22.3 Å². The average molecular weight is 369 g/mol. The van der Waals surface area contributed by atoms with E-state index in [4.69, 9.17) is 4.74 Å². The van der Waals surface area contributed by atoms with Gasteiger partial charge in [0.05, 0.1) is 18.7 Å². The number of hydrogen-bond acceptors (Lipinski definition) is 2. The molecule has 3 nitrogen and oxygen atoms in total. The zero-order chi connectivity index (χ0) is 19.3. The fourth-order valence-electron chi connectivity index (χ4n) is 5.31. The number of ether oxygens (including phenoxy) is 1. The molecule has 0 spiro atoms. The molecule has 0 heterocycles. The maximum atomic E-state index is 13.5. The minimum Gasteiger partial charge on any atom is -0.495 e. The lowest BCUT2D eigenvalue weighted by atomic mass is 9.54. The van der Waals surface area contributed by atoms with Crippen LogP contribution < -0.4 is 10.1 Å². The molecule has 0 radical (unpaired) electrons. The van der Waals surface area contributed by atoms with Crippen LogP contribution >= 0.6 is 0 Å². The van der Waals surface area contributed by atoms with Crippen molar-refractivity contribution in [1.82, 2.24) is 0 Å². The summed E-state index contributed by atoms with van der Waals surface area (Å²) in [6.07, 6.45) is 0. The summed E-state index contributed by atoms with van der Waals surface area (Å²) < 4.78 is 5.42. The number of fused-ring (bicyclic) bond motifs is 1. The highest BCUT2D eigenvalue weighted by Gasteiger charge is 2.50. The smallest absolute Gasteiger partial charge is 0.228 e. The van der Waals surface area contributed by atoms with Crippen molar-refractivity contribution in [3.8, 4) is 5.75 Å². The fraction of sp³-hybridized carbons (Fsp3) is 0.240. The van der Waals surface area contributed by atoms with Crippen molar-refractivity contribution in [1.29, 1.82) is 0 Å². The summed E-state index contributed by atoms with van der Waals surface area (Å²) in [4.78, 5) is 13.5. The Bertz CT molecular complexity index is 1010. The van der Waals surface area contributed by atoms with E-state index >= 15 is 0 Å². The summed E-state index contributed by atoms with van der Waals surface area (Å²) in [5, 5.41) is 3.14. The van der Waals surface area contributed by atoms with Gasteiger partial charge >= 0.3 is 0 Å². The topological polar surface area (TPSA) is 38.3 Å². The van der Waals surface area contributed by atoms with Crippen LogP contribution in [0.5, 0.6) is 5.75 Å². The largest absolute Gasteiger partial charge is 0.495 e. The van der Waals surface area contributed by atoms with Gasteiger partial charge in [0.1, 0.15) is 5.75 Å². The Hall–Kier alpha value is -3.07. The molecule has 3 aromatic rings. The summed E-state index contributed by atoms with van der Waals surface area (Å²) in [5.74, 6) is 1.21. The average Bonchev–Trinajstić information content (AvgIpc) is 2.74. The van der Waals surface area contributed by atoms with Crippen LogP contribution in [-0.4, -0.2) is 13.0 Å². The molecule has 3 aliphatic carbocycles. The van der Waals surface area contributed by atoms with Gasteiger partial charge < -0.3 is 10.1 Å². The number of anilines is 1. The van der Waals surface area contributed by atoms with Gasteiger partial charge in [-0.05, 0) is 40.3 Å². The van der Waals surface area contributed by atoms with Gasteiger partial charge in [-0.25, -0.2) is 0 Å². The van der Waals surface area contributed by atoms with Crippen LogP contribution in [0.1, 0.15) is 41.0 Å². The fourth-order valence-corrected chi connectivity index (χ4v) is 5.31. The first kappa shape index (κ1) is 17.1. The zero-order valence-corrected chi connectivity index (χ0v) is 16.1. The molecule has 3 aromatic carbocycles. The van der Waals surface area contributed by atoms with Gasteiger partial charge in [0, 0.05) is 11.8 Å². The van der Waals surface area contributed by atoms with Gasteiger partial charge in [-0.3, -0.25) is 4.79 Å². The highest BCUT2D eigenvalue weighted by Crippen LogP contribution is 2.58. The van der Waals surface area contributed by atoms with Gasteiger partial charge in [-0.15, -0.1) is 0 Å². The predicted molar refractivity (Wildman–Crippen MR) is 111 cm³/mol. The Balaban J connectivity index is 1.59. The van der Waals surface area contributed by atoms with Crippen molar-refractivity contribution in [3.05, 3.63) is 95.1 Å². The van der Waals surface area contributed by atoms with E-state index in [0.29, 0.717) is 5.75 Å². The summed E-state index contributed by atoms with van der Waals surface area (Å²) in [7, 11) is 1.63. The molecule has 1 amide bonds. The van der Waals surface area contributed by atoms with Crippen molar-refractivity contribution in [2.75, 3.05) is 12.4 Å². The van der Waals surface area contributed by atoms with Crippen LogP contribution in [0.4, 0.5) is 5.69 Å². The standard InChI is InChI=1S/C25H23NO2/c1-15-22-16-9-3-5-11-18(16)24(19-12-6-4-10-17(19)22)23(15)25(27)26-20-13-7-8-14-21(20)28-2/h3-15,22-24H,1-2H3,(H,26,27)/t15-,22?,23+,24?/m0/s1. The first-order chi connectivity index (χ1) is 13.7. The maximum absolute atomic E-state index is 13.5. The van der Waals surface area contributed by atoms with Crippen LogP contribution in [0.15, 0.2) is 72.8 Å². The number of benzene rings is 3. The van der Waals surface area contributed by atoms with Crippen molar-refractivity contribution in [2.45, 2.75) is 18.8 Å². The van der Waals surface area contributed by atoms with Crippen LogP contribution in [0, 0.1) is 11.8 Å². The molecule has 1 N–H and O–H groups in total. The van der Waals surface area contributed by atoms with E-state index in [0.717, 1.165) is 5.69 Å². The van der Waals surface area contributed by atoms with Crippen molar-refractivity contribution < 1.29 is 9.53 Å². The molecule has 0 aliphatic heterocycles. The number of methoxy groups -OCH3 is 1. The van der Waals surface area contributed by atoms with Crippen LogP contribution in [0.2, 0.25) is 0 Å². The molecule has 2 bridgehead atoms. The molecule has 0 aromatic heterocycles. The number of nitrogens with one attached hydrogen (secondary N) is 1. The SMILES string of the molecule is COc1ccccc1NC(=O)[C@H]1C2c3ccccc3C(c3ccccc32)[C@@H]1C. The molecule has 3 heteroatoms. The van der Waals surface area contributed by atoms with E-state index in [1.54, 1.807) is 7.11 Å². The minimum absolute atomic E-state index is 0.0657. The second kappa shape index (κ2) is 6.52. The molecule has 140 valence electrons. The molecule has 6 rings (SSSR count). The van der Waals surface area contributed by atoms with Crippen molar-refractivity contribution >= 4 is 11.6 Å².